The predicted molar refractivity (Wildman–Crippen MR) is 59.7 cm³/mol. The summed E-state index contributed by atoms with van der Waals surface area (Å²) in [5.41, 5.74) is 7.08. The Morgan fingerprint density at radius 2 is 2.21 bits per heavy atom. The summed E-state index contributed by atoms with van der Waals surface area (Å²) in [6.45, 7) is 0.930. The lowest BCUT2D eigenvalue weighted by atomic mass is 10.3. The number of hydrazine groups is 1. The van der Waals surface area contributed by atoms with E-state index in [9.17, 15) is 0 Å². The van der Waals surface area contributed by atoms with Gasteiger partial charge in [0.25, 0.3) is 0 Å². The highest BCUT2D eigenvalue weighted by molar-refractivity contribution is 6.30. The number of rotatable bonds is 2. The zero-order valence-corrected chi connectivity index (χ0v) is 8.51. The number of aliphatic imine (C=N–C) groups is 1. The molecule has 0 atom stereocenters. The highest BCUT2D eigenvalue weighted by Crippen LogP contribution is 2.14. The monoisotopic (exact) mass is 209 g/mol. The van der Waals surface area contributed by atoms with Crippen LogP contribution in [0.5, 0.6) is 0 Å². The third kappa shape index (κ3) is 2.39. The van der Waals surface area contributed by atoms with Crippen LogP contribution in [0.25, 0.3) is 0 Å². The lowest BCUT2D eigenvalue weighted by molar-refractivity contribution is 0.944. The van der Waals surface area contributed by atoms with E-state index in [0.717, 1.165) is 35.9 Å². The van der Waals surface area contributed by atoms with Gasteiger partial charge in [0, 0.05) is 18.0 Å². The summed E-state index contributed by atoms with van der Waals surface area (Å²) >= 11 is 5.84. The van der Waals surface area contributed by atoms with Crippen LogP contribution in [0.4, 0.5) is 5.69 Å². The van der Waals surface area contributed by atoms with Gasteiger partial charge in [-0.3, -0.25) is 15.8 Å². The maximum atomic E-state index is 5.84. The second kappa shape index (κ2) is 4.33. The molecule has 0 unspecified atom stereocenters. The normalized spacial score (nSPS) is 15.1. The van der Waals surface area contributed by atoms with Crippen LogP contribution in [0.15, 0.2) is 29.3 Å². The second-order valence-corrected chi connectivity index (χ2v) is 3.63. The van der Waals surface area contributed by atoms with Crippen molar-refractivity contribution in [3.8, 4) is 0 Å². The molecule has 0 saturated carbocycles. The van der Waals surface area contributed by atoms with Crippen molar-refractivity contribution in [2.24, 2.45) is 4.99 Å². The largest absolute Gasteiger partial charge is 0.300 e. The van der Waals surface area contributed by atoms with Crippen LogP contribution in [0, 0.1) is 0 Å². The third-order valence-electron chi connectivity index (χ3n) is 2.05. The van der Waals surface area contributed by atoms with Crippen molar-refractivity contribution in [3.63, 3.8) is 0 Å². The number of hydrogen-bond donors (Lipinski definition) is 2. The Morgan fingerprint density at radius 1 is 1.29 bits per heavy atom. The average molecular weight is 210 g/mol. The summed E-state index contributed by atoms with van der Waals surface area (Å²) in [7, 11) is 0. The van der Waals surface area contributed by atoms with E-state index in [2.05, 4.69) is 15.8 Å². The second-order valence-electron chi connectivity index (χ2n) is 3.19. The van der Waals surface area contributed by atoms with E-state index in [0.29, 0.717) is 0 Å². The van der Waals surface area contributed by atoms with Crippen molar-refractivity contribution in [3.05, 3.63) is 29.3 Å². The van der Waals surface area contributed by atoms with Crippen molar-refractivity contribution in [2.75, 3.05) is 12.0 Å². The molecular weight excluding hydrogens is 198 g/mol. The number of amidine groups is 1. The Kier molecular flexibility index (Phi) is 2.89. The molecule has 1 aromatic rings. The summed E-state index contributed by atoms with van der Waals surface area (Å²) in [5, 5.41) is 0.727. The number of nitrogens with one attached hydrogen (secondary N) is 2. The summed E-state index contributed by atoms with van der Waals surface area (Å²) in [6.07, 6.45) is 2.16. The van der Waals surface area contributed by atoms with E-state index >= 15 is 0 Å². The SMILES string of the molecule is Clc1cccc(NNC2=NCCC2)c1. The molecule has 1 heterocycles. The van der Waals surface area contributed by atoms with Gasteiger partial charge < -0.3 is 0 Å². The molecule has 0 fully saturated rings. The summed E-state index contributed by atoms with van der Waals surface area (Å²) in [5.74, 6) is 1.02. The highest BCUT2D eigenvalue weighted by Gasteiger charge is 2.04. The molecule has 0 aliphatic carbocycles. The van der Waals surface area contributed by atoms with E-state index < -0.39 is 0 Å². The van der Waals surface area contributed by atoms with Gasteiger partial charge in [0.1, 0.15) is 5.84 Å². The highest BCUT2D eigenvalue weighted by atomic mass is 35.5. The van der Waals surface area contributed by atoms with E-state index in [1.165, 1.54) is 0 Å². The Labute approximate surface area is 88.2 Å². The van der Waals surface area contributed by atoms with Gasteiger partial charge in [0.05, 0.1) is 5.69 Å². The van der Waals surface area contributed by atoms with Crippen molar-refractivity contribution in [1.82, 2.24) is 5.43 Å². The first-order valence-electron chi connectivity index (χ1n) is 4.65. The minimum Gasteiger partial charge on any atom is -0.300 e. The van der Waals surface area contributed by atoms with Crippen LogP contribution in [-0.2, 0) is 0 Å². The van der Waals surface area contributed by atoms with Crippen LogP contribution in [0.3, 0.4) is 0 Å². The predicted octanol–water partition coefficient (Wildman–Crippen LogP) is 2.45. The number of anilines is 1. The minimum absolute atomic E-state index is 0.727. The first kappa shape index (κ1) is 9.34. The van der Waals surface area contributed by atoms with Crippen LogP contribution in [0.2, 0.25) is 5.02 Å². The summed E-state index contributed by atoms with van der Waals surface area (Å²) in [4.78, 5) is 4.28. The Bertz CT molecular complexity index is 349. The van der Waals surface area contributed by atoms with Gasteiger partial charge >= 0.3 is 0 Å². The Balaban J connectivity index is 1.91. The minimum atomic E-state index is 0.727. The quantitative estimate of drug-likeness (QED) is 0.735. The smallest absolute Gasteiger partial charge is 0.115 e. The number of halogens is 1. The topological polar surface area (TPSA) is 36.4 Å². The first-order valence-corrected chi connectivity index (χ1v) is 5.03. The van der Waals surface area contributed by atoms with Crippen molar-refractivity contribution in [1.29, 1.82) is 0 Å². The molecule has 1 aliphatic rings. The van der Waals surface area contributed by atoms with Gasteiger partial charge in [0.15, 0.2) is 0 Å². The molecule has 0 amide bonds. The molecule has 0 spiro atoms. The molecule has 14 heavy (non-hydrogen) atoms. The number of benzene rings is 1. The van der Waals surface area contributed by atoms with Gasteiger partial charge in [-0.15, -0.1) is 0 Å². The van der Waals surface area contributed by atoms with Crippen molar-refractivity contribution < 1.29 is 0 Å². The summed E-state index contributed by atoms with van der Waals surface area (Å²) in [6, 6.07) is 7.57. The molecule has 0 aromatic heterocycles. The number of hydrogen-bond acceptors (Lipinski definition) is 3. The Hall–Kier alpha value is -1.22. The zero-order chi connectivity index (χ0) is 9.80. The fourth-order valence-electron chi connectivity index (χ4n) is 1.35. The molecule has 0 bridgehead atoms. The molecule has 3 nitrogen and oxygen atoms in total. The standard InChI is InChI=1S/C10H12ClN3/c11-8-3-1-4-9(7-8)13-14-10-5-2-6-12-10/h1,3-4,7,13H,2,5-6H2,(H,12,14). The maximum Gasteiger partial charge on any atom is 0.115 e. The molecule has 0 radical (unpaired) electrons. The van der Waals surface area contributed by atoms with Crippen molar-refractivity contribution >= 4 is 23.1 Å². The molecule has 0 saturated heterocycles. The first-order chi connectivity index (χ1) is 6.84. The average Bonchev–Trinajstić information content (AvgIpc) is 2.67. The third-order valence-corrected chi connectivity index (χ3v) is 2.29. The van der Waals surface area contributed by atoms with Gasteiger partial charge in [-0.1, -0.05) is 17.7 Å². The van der Waals surface area contributed by atoms with E-state index in [4.69, 9.17) is 11.6 Å². The fourth-order valence-corrected chi connectivity index (χ4v) is 1.54. The Morgan fingerprint density at radius 3 is 2.93 bits per heavy atom. The molecule has 1 aromatic carbocycles. The van der Waals surface area contributed by atoms with Crippen LogP contribution < -0.4 is 10.9 Å². The molecular formula is C10H12ClN3. The van der Waals surface area contributed by atoms with Crippen LogP contribution >= 0.6 is 11.6 Å². The fraction of sp³-hybridized carbons (Fsp3) is 0.300. The molecule has 2 N–H and O–H groups in total. The van der Waals surface area contributed by atoms with Gasteiger partial charge in [-0.2, -0.15) is 0 Å². The molecule has 1 aliphatic heterocycles. The lowest BCUT2D eigenvalue weighted by Crippen LogP contribution is -2.27. The molecule has 74 valence electrons. The lowest BCUT2D eigenvalue weighted by Gasteiger charge is -2.08. The zero-order valence-electron chi connectivity index (χ0n) is 7.76. The molecule has 2 rings (SSSR count). The van der Waals surface area contributed by atoms with Crippen LogP contribution in [0.1, 0.15) is 12.8 Å². The number of nitrogens with zero attached hydrogens (tertiary/aromatic N) is 1. The van der Waals surface area contributed by atoms with Crippen LogP contribution in [-0.4, -0.2) is 12.4 Å². The summed E-state index contributed by atoms with van der Waals surface area (Å²) < 4.78 is 0. The van der Waals surface area contributed by atoms with Gasteiger partial charge in [-0.05, 0) is 24.6 Å². The van der Waals surface area contributed by atoms with E-state index in [1.807, 2.05) is 24.3 Å². The molecule has 4 heteroatoms. The van der Waals surface area contributed by atoms with E-state index in [1.54, 1.807) is 0 Å². The maximum absolute atomic E-state index is 5.84. The van der Waals surface area contributed by atoms with Gasteiger partial charge in [-0.25, -0.2) is 0 Å². The van der Waals surface area contributed by atoms with Gasteiger partial charge in [0.2, 0.25) is 0 Å². The van der Waals surface area contributed by atoms with E-state index in [-0.39, 0.29) is 0 Å². The van der Waals surface area contributed by atoms with Crippen molar-refractivity contribution in [2.45, 2.75) is 12.8 Å².